The molecule has 23 heavy (non-hydrogen) atoms. The van der Waals surface area contributed by atoms with Crippen molar-refractivity contribution in [3.8, 4) is 11.8 Å². The largest absolute Gasteiger partial charge is 0.481 e. The Bertz CT molecular complexity index is 792. The van der Waals surface area contributed by atoms with Crippen molar-refractivity contribution < 1.29 is 9.53 Å². The Morgan fingerprint density at radius 2 is 2.48 bits per heavy atom. The van der Waals surface area contributed by atoms with E-state index in [0.717, 1.165) is 5.69 Å². The zero-order valence-electron chi connectivity index (χ0n) is 12.3. The van der Waals surface area contributed by atoms with Crippen molar-refractivity contribution in [1.82, 2.24) is 20.6 Å². The molecule has 1 amide bonds. The van der Waals surface area contributed by atoms with E-state index in [1.807, 2.05) is 13.0 Å². The molecule has 1 aromatic heterocycles. The molecule has 2 heterocycles. The molecule has 3 rings (SSSR count). The van der Waals surface area contributed by atoms with Gasteiger partial charge in [-0.15, -0.1) is 10.2 Å². The summed E-state index contributed by atoms with van der Waals surface area (Å²) in [5, 5.41) is 25.3. The third kappa shape index (κ3) is 2.82. The number of H-pyrrole nitrogens is 1. The molecule has 0 aliphatic carbocycles. The van der Waals surface area contributed by atoms with E-state index >= 15 is 0 Å². The predicted molar refractivity (Wildman–Crippen MR) is 81.4 cm³/mol. The Morgan fingerprint density at radius 1 is 1.61 bits per heavy atom. The van der Waals surface area contributed by atoms with E-state index in [0.29, 0.717) is 18.0 Å². The number of hydrogen-bond acceptors (Lipinski definition) is 7. The van der Waals surface area contributed by atoms with Crippen LogP contribution in [-0.4, -0.2) is 39.7 Å². The summed E-state index contributed by atoms with van der Waals surface area (Å²) in [4.78, 5) is 13.4. The fourth-order valence-electron chi connectivity index (χ4n) is 2.22. The first-order valence-electron chi connectivity index (χ1n) is 6.90. The van der Waals surface area contributed by atoms with Crippen LogP contribution in [0.4, 0.5) is 11.4 Å². The number of aromatic nitrogens is 4. The number of nitrogens with zero attached hydrogens (tertiary/aromatic N) is 5. The number of allylic oxidation sites excluding steroid dienone is 1. The van der Waals surface area contributed by atoms with E-state index < -0.39 is 0 Å². The molecule has 9 nitrogen and oxygen atoms in total. The van der Waals surface area contributed by atoms with Crippen LogP contribution in [0.15, 0.2) is 24.4 Å². The number of nitrogens with one attached hydrogen (secondary N) is 2. The van der Waals surface area contributed by atoms with Crippen molar-refractivity contribution in [3.05, 3.63) is 30.2 Å². The number of benzene rings is 1. The second kappa shape index (κ2) is 6.15. The number of ether oxygens (including phenoxy) is 1. The highest BCUT2D eigenvalue weighted by atomic mass is 16.5. The number of tetrazole rings is 1. The standard InChI is InChI=1S/C14H13N7O2/c1-2-21-11-4-3-10(5-12(11)23-8-13(21)22)16-7-9(6-15)14-17-19-20-18-14/h3-5,7,16H,2,8H2,1H3,(H,17,18,19,20). The van der Waals surface area contributed by atoms with Gasteiger partial charge in [0.2, 0.25) is 5.82 Å². The number of carbonyl (C=O) groups excluding carboxylic acids is 1. The molecule has 1 aliphatic heterocycles. The summed E-state index contributed by atoms with van der Waals surface area (Å²) in [7, 11) is 0. The summed E-state index contributed by atoms with van der Waals surface area (Å²) in [6.07, 6.45) is 1.48. The van der Waals surface area contributed by atoms with Crippen LogP contribution in [0.25, 0.3) is 5.57 Å². The van der Waals surface area contributed by atoms with Crippen LogP contribution in [0.2, 0.25) is 0 Å². The van der Waals surface area contributed by atoms with Crippen molar-refractivity contribution in [2.75, 3.05) is 23.4 Å². The molecule has 2 aromatic rings. The van der Waals surface area contributed by atoms with Crippen molar-refractivity contribution in [2.24, 2.45) is 0 Å². The number of likely N-dealkylation sites (N-methyl/N-ethyl adjacent to an activating group) is 1. The van der Waals surface area contributed by atoms with Crippen molar-refractivity contribution in [3.63, 3.8) is 0 Å². The van der Waals surface area contributed by atoms with Crippen LogP contribution in [0.5, 0.6) is 5.75 Å². The third-order valence-corrected chi connectivity index (χ3v) is 3.31. The molecule has 2 N–H and O–H groups in total. The first-order valence-corrected chi connectivity index (χ1v) is 6.90. The summed E-state index contributed by atoms with van der Waals surface area (Å²) in [6.45, 7) is 2.51. The molecule has 0 bridgehead atoms. The Morgan fingerprint density at radius 3 is 3.17 bits per heavy atom. The lowest BCUT2D eigenvalue weighted by Gasteiger charge is -2.28. The molecule has 0 saturated carbocycles. The lowest BCUT2D eigenvalue weighted by molar-refractivity contribution is -0.121. The highest BCUT2D eigenvalue weighted by Crippen LogP contribution is 2.34. The molecular formula is C14H13N7O2. The molecule has 1 aromatic carbocycles. The summed E-state index contributed by atoms with van der Waals surface area (Å²) < 4.78 is 5.46. The van der Waals surface area contributed by atoms with Crippen LogP contribution in [0.1, 0.15) is 12.7 Å². The molecule has 1 aliphatic rings. The Labute approximate surface area is 131 Å². The average molecular weight is 311 g/mol. The predicted octanol–water partition coefficient (Wildman–Crippen LogP) is 0.922. The topological polar surface area (TPSA) is 120 Å². The molecule has 0 unspecified atom stereocenters. The van der Waals surface area contributed by atoms with Gasteiger partial charge in [-0.05, 0) is 24.3 Å². The van der Waals surface area contributed by atoms with Gasteiger partial charge in [-0.2, -0.15) is 10.5 Å². The monoisotopic (exact) mass is 311 g/mol. The number of carbonyl (C=O) groups is 1. The molecule has 116 valence electrons. The lowest BCUT2D eigenvalue weighted by atomic mass is 10.2. The van der Waals surface area contributed by atoms with E-state index in [1.54, 1.807) is 23.1 Å². The van der Waals surface area contributed by atoms with Crippen LogP contribution in [-0.2, 0) is 4.79 Å². The highest BCUT2D eigenvalue weighted by Gasteiger charge is 2.24. The Kier molecular flexibility index (Phi) is 3.88. The number of fused-ring (bicyclic) bond motifs is 1. The zero-order chi connectivity index (χ0) is 16.2. The molecular weight excluding hydrogens is 298 g/mol. The number of aromatic amines is 1. The molecule has 9 heteroatoms. The molecule has 0 radical (unpaired) electrons. The second-order valence-corrected chi connectivity index (χ2v) is 4.66. The van der Waals surface area contributed by atoms with Crippen LogP contribution < -0.4 is 15.0 Å². The maximum absolute atomic E-state index is 11.8. The second-order valence-electron chi connectivity index (χ2n) is 4.66. The SMILES string of the molecule is CCN1C(=O)COc2cc(NC=C(C#N)c3nn[nH]n3)ccc21. The molecule has 0 atom stereocenters. The number of hydrogen-bond donors (Lipinski definition) is 2. The first kappa shape index (κ1) is 14.5. The summed E-state index contributed by atoms with van der Waals surface area (Å²) >= 11 is 0. The van der Waals surface area contributed by atoms with Gasteiger partial charge < -0.3 is 15.0 Å². The van der Waals surface area contributed by atoms with Crippen molar-refractivity contribution in [1.29, 1.82) is 5.26 Å². The number of nitriles is 1. The van der Waals surface area contributed by atoms with Crippen LogP contribution in [0, 0.1) is 11.3 Å². The zero-order valence-corrected chi connectivity index (χ0v) is 12.3. The third-order valence-electron chi connectivity index (χ3n) is 3.31. The smallest absolute Gasteiger partial charge is 0.265 e. The van der Waals surface area contributed by atoms with Gasteiger partial charge in [-0.1, -0.05) is 0 Å². The average Bonchev–Trinajstić information content (AvgIpc) is 3.10. The van der Waals surface area contributed by atoms with Gasteiger partial charge in [0, 0.05) is 24.5 Å². The van der Waals surface area contributed by atoms with Crippen LogP contribution >= 0.6 is 0 Å². The Hall–Kier alpha value is -3.41. The Balaban J connectivity index is 1.83. The van der Waals surface area contributed by atoms with Gasteiger partial charge in [0.05, 0.1) is 5.69 Å². The van der Waals surface area contributed by atoms with Gasteiger partial charge in [-0.3, -0.25) is 4.79 Å². The quantitative estimate of drug-likeness (QED) is 0.805. The summed E-state index contributed by atoms with van der Waals surface area (Å²) in [6, 6.07) is 7.35. The lowest BCUT2D eigenvalue weighted by Crippen LogP contribution is -2.38. The van der Waals surface area contributed by atoms with Crippen molar-refractivity contribution in [2.45, 2.75) is 6.92 Å². The fourth-order valence-corrected chi connectivity index (χ4v) is 2.22. The summed E-state index contributed by atoms with van der Waals surface area (Å²) in [5.74, 6) is 0.754. The minimum Gasteiger partial charge on any atom is -0.481 e. The molecule has 0 spiro atoms. The van der Waals surface area contributed by atoms with Crippen LogP contribution in [0.3, 0.4) is 0 Å². The fraction of sp³-hybridized carbons (Fsp3) is 0.214. The van der Waals surface area contributed by atoms with Gasteiger partial charge in [-0.25, -0.2) is 0 Å². The van der Waals surface area contributed by atoms with E-state index in [-0.39, 0.29) is 23.9 Å². The molecule has 0 fully saturated rings. The first-order chi connectivity index (χ1) is 11.2. The number of anilines is 2. The molecule has 0 saturated heterocycles. The minimum atomic E-state index is -0.0653. The van der Waals surface area contributed by atoms with E-state index in [2.05, 4.69) is 25.9 Å². The van der Waals surface area contributed by atoms with Gasteiger partial charge in [0.25, 0.3) is 5.91 Å². The van der Waals surface area contributed by atoms with E-state index in [1.165, 1.54) is 6.20 Å². The van der Waals surface area contributed by atoms with Gasteiger partial charge in [0.1, 0.15) is 17.4 Å². The normalized spacial score (nSPS) is 14.0. The van der Waals surface area contributed by atoms with Crippen molar-refractivity contribution >= 4 is 22.9 Å². The number of amides is 1. The summed E-state index contributed by atoms with van der Waals surface area (Å²) in [5.41, 5.74) is 1.69. The number of rotatable bonds is 4. The maximum atomic E-state index is 11.8. The highest BCUT2D eigenvalue weighted by molar-refractivity contribution is 5.98. The maximum Gasteiger partial charge on any atom is 0.265 e. The minimum absolute atomic E-state index is 0.0203. The van der Waals surface area contributed by atoms with Gasteiger partial charge >= 0.3 is 0 Å². The van der Waals surface area contributed by atoms with E-state index in [4.69, 9.17) is 10.00 Å². The van der Waals surface area contributed by atoms with Gasteiger partial charge in [0.15, 0.2) is 6.61 Å². The van der Waals surface area contributed by atoms with E-state index in [9.17, 15) is 4.79 Å².